The minimum atomic E-state index is -1.13. The molecule has 0 aromatic carbocycles. The summed E-state index contributed by atoms with van der Waals surface area (Å²) < 4.78 is 4.78. The van der Waals surface area contributed by atoms with E-state index in [1.54, 1.807) is 13.8 Å². The van der Waals surface area contributed by atoms with Gasteiger partial charge in [-0.1, -0.05) is 0 Å². The zero-order valence-corrected chi connectivity index (χ0v) is 9.18. The average Bonchev–Trinajstić information content (AvgIpc) is 2.42. The second-order valence-electron chi connectivity index (χ2n) is 2.82. The van der Waals surface area contributed by atoms with Gasteiger partial charge in [-0.15, -0.1) is 11.3 Å². The zero-order chi connectivity index (χ0) is 11.6. The fourth-order valence-electron chi connectivity index (χ4n) is 1.19. The highest BCUT2D eigenvalue weighted by molar-refractivity contribution is 7.18. The van der Waals surface area contributed by atoms with Gasteiger partial charge in [0.2, 0.25) is 0 Å². The van der Waals surface area contributed by atoms with E-state index in [4.69, 9.17) is 15.6 Å². The van der Waals surface area contributed by atoms with Crippen molar-refractivity contribution in [2.45, 2.75) is 13.8 Å². The van der Waals surface area contributed by atoms with Crippen LogP contribution in [0.1, 0.15) is 32.5 Å². The molecule has 0 aliphatic heterocycles. The number of anilines is 1. The number of esters is 1. The molecule has 1 rings (SSSR count). The third-order valence-corrected chi connectivity index (χ3v) is 2.95. The predicted octanol–water partition coefficient (Wildman–Crippen LogP) is 1.51. The van der Waals surface area contributed by atoms with Gasteiger partial charge in [0.15, 0.2) is 0 Å². The first-order chi connectivity index (χ1) is 6.99. The first-order valence-corrected chi connectivity index (χ1v) is 5.10. The van der Waals surface area contributed by atoms with Crippen molar-refractivity contribution in [3.8, 4) is 0 Å². The summed E-state index contributed by atoms with van der Waals surface area (Å²) in [6.07, 6.45) is 0. The monoisotopic (exact) mass is 229 g/mol. The van der Waals surface area contributed by atoms with Gasteiger partial charge in [0, 0.05) is 0 Å². The topological polar surface area (TPSA) is 89.6 Å². The van der Waals surface area contributed by atoms with E-state index >= 15 is 0 Å². The van der Waals surface area contributed by atoms with Crippen molar-refractivity contribution in [2.75, 3.05) is 12.3 Å². The van der Waals surface area contributed by atoms with Crippen LogP contribution in [0.25, 0.3) is 0 Å². The number of thiophene rings is 1. The minimum absolute atomic E-state index is 0.0111. The lowest BCUT2D eigenvalue weighted by Gasteiger charge is -1.99. The van der Waals surface area contributed by atoms with E-state index in [0.29, 0.717) is 5.56 Å². The third-order valence-electron chi connectivity index (χ3n) is 1.85. The molecule has 0 radical (unpaired) electrons. The van der Waals surface area contributed by atoms with Crippen molar-refractivity contribution in [2.24, 2.45) is 0 Å². The zero-order valence-electron chi connectivity index (χ0n) is 8.36. The molecule has 0 bridgehead atoms. The summed E-state index contributed by atoms with van der Waals surface area (Å²) in [4.78, 5) is 22.5. The van der Waals surface area contributed by atoms with Gasteiger partial charge in [-0.3, -0.25) is 0 Å². The minimum Gasteiger partial charge on any atom is -0.478 e. The Morgan fingerprint density at radius 1 is 1.53 bits per heavy atom. The van der Waals surface area contributed by atoms with Gasteiger partial charge < -0.3 is 15.6 Å². The predicted molar refractivity (Wildman–Crippen MR) is 56.4 cm³/mol. The number of rotatable bonds is 3. The Morgan fingerprint density at radius 2 is 2.13 bits per heavy atom. The molecule has 6 heteroatoms. The summed E-state index contributed by atoms with van der Waals surface area (Å²) in [5.41, 5.74) is 5.86. The number of nitrogens with two attached hydrogens (primary N) is 1. The van der Waals surface area contributed by atoms with E-state index in [9.17, 15) is 9.59 Å². The summed E-state index contributed by atoms with van der Waals surface area (Å²) in [7, 11) is 0. The molecule has 82 valence electrons. The van der Waals surface area contributed by atoms with Gasteiger partial charge in [0.25, 0.3) is 0 Å². The molecule has 5 nitrogen and oxygen atoms in total. The molecule has 1 aromatic rings. The molecule has 0 spiro atoms. The SMILES string of the molecule is CCOC(=O)c1sc(N)c(C(=O)O)c1C. The molecule has 0 amide bonds. The molecule has 3 N–H and O–H groups in total. The van der Waals surface area contributed by atoms with Gasteiger partial charge in [0.05, 0.1) is 12.2 Å². The van der Waals surface area contributed by atoms with Crippen LogP contribution in [0, 0.1) is 6.92 Å². The van der Waals surface area contributed by atoms with E-state index in [2.05, 4.69) is 0 Å². The first kappa shape index (κ1) is 11.5. The van der Waals surface area contributed by atoms with Crippen molar-refractivity contribution < 1.29 is 19.4 Å². The smallest absolute Gasteiger partial charge is 0.348 e. The summed E-state index contributed by atoms with van der Waals surface area (Å²) >= 11 is 0.940. The van der Waals surface area contributed by atoms with E-state index in [1.807, 2.05) is 0 Å². The molecular formula is C9H11NO4S. The van der Waals surface area contributed by atoms with Gasteiger partial charge >= 0.3 is 11.9 Å². The Kier molecular flexibility index (Phi) is 3.31. The van der Waals surface area contributed by atoms with Crippen molar-refractivity contribution in [3.05, 3.63) is 16.0 Å². The van der Waals surface area contributed by atoms with E-state index in [1.165, 1.54) is 0 Å². The number of carbonyl (C=O) groups is 2. The van der Waals surface area contributed by atoms with Crippen LogP contribution in [0.2, 0.25) is 0 Å². The summed E-state index contributed by atoms with van der Waals surface area (Å²) in [5.74, 6) is -1.66. The Bertz CT molecular complexity index is 410. The Morgan fingerprint density at radius 3 is 2.53 bits per heavy atom. The maximum Gasteiger partial charge on any atom is 0.348 e. The van der Waals surface area contributed by atoms with Crippen LogP contribution in [0.15, 0.2) is 0 Å². The summed E-state index contributed by atoms with van der Waals surface area (Å²) in [6.45, 7) is 3.48. The van der Waals surface area contributed by atoms with Gasteiger partial charge in [-0.25, -0.2) is 9.59 Å². The highest BCUT2D eigenvalue weighted by Crippen LogP contribution is 2.30. The van der Waals surface area contributed by atoms with E-state index < -0.39 is 11.9 Å². The number of carbonyl (C=O) groups excluding carboxylic acids is 1. The normalized spacial score (nSPS) is 10.0. The lowest BCUT2D eigenvalue weighted by molar-refractivity contribution is 0.0531. The van der Waals surface area contributed by atoms with Crippen LogP contribution in [0.5, 0.6) is 0 Å². The molecule has 15 heavy (non-hydrogen) atoms. The average molecular weight is 229 g/mol. The van der Waals surface area contributed by atoms with Crippen LogP contribution in [0.4, 0.5) is 5.00 Å². The molecule has 0 saturated heterocycles. The van der Waals surface area contributed by atoms with Gasteiger partial charge in [-0.05, 0) is 19.4 Å². The standard InChI is InChI=1S/C9H11NO4S/c1-3-14-9(13)6-4(2)5(8(11)12)7(10)15-6/h3,10H2,1-2H3,(H,11,12). The number of nitrogen functional groups attached to an aromatic ring is 1. The molecule has 0 unspecified atom stereocenters. The Hall–Kier alpha value is -1.56. The number of carboxylic acid groups (broad SMARTS) is 1. The van der Waals surface area contributed by atoms with E-state index in [-0.39, 0.29) is 22.0 Å². The Balaban J connectivity index is 3.17. The summed E-state index contributed by atoms with van der Waals surface area (Å²) in [6, 6.07) is 0. The maximum atomic E-state index is 11.4. The fraction of sp³-hybridized carbons (Fsp3) is 0.333. The molecular weight excluding hydrogens is 218 g/mol. The highest BCUT2D eigenvalue weighted by atomic mass is 32.1. The summed E-state index contributed by atoms with van der Waals surface area (Å²) in [5, 5.41) is 8.97. The Labute approximate surface area is 90.5 Å². The number of carboxylic acids is 1. The van der Waals surface area contributed by atoms with E-state index in [0.717, 1.165) is 11.3 Å². The van der Waals surface area contributed by atoms with Crippen LogP contribution >= 0.6 is 11.3 Å². The second kappa shape index (κ2) is 4.31. The quantitative estimate of drug-likeness (QED) is 0.767. The second-order valence-corrected chi connectivity index (χ2v) is 3.87. The van der Waals surface area contributed by atoms with Crippen molar-refractivity contribution in [1.29, 1.82) is 0 Å². The van der Waals surface area contributed by atoms with Crippen LogP contribution < -0.4 is 5.73 Å². The van der Waals surface area contributed by atoms with Crippen LogP contribution in [-0.4, -0.2) is 23.7 Å². The van der Waals surface area contributed by atoms with Crippen molar-refractivity contribution in [1.82, 2.24) is 0 Å². The van der Waals surface area contributed by atoms with Crippen LogP contribution in [-0.2, 0) is 4.74 Å². The molecule has 0 saturated carbocycles. The molecule has 0 aliphatic rings. The highest BCUT2D eigenvalue weighted by Gasteiger charge is 2.23. The van der Waals surface area contributed by atoms with Crippen molar-refractivity contribution in [3.63, 3.8) is 0 Å². The van der Waals surface area contributed by atoms with Crippen molar-refractivity contribution >= 4 is 28.3 Å². The molecule has 0 aliphatic carbocycles. The van der Waals surface area contributed by atoms with Gasteiger partial charge in [-0.2, -0.15) is 0 Å². The number of hydrogen-bond acceptors (Lipinski definition) is 5. The molecule has 1 aromatic heterocycles. The lowest BCUT2D eigenvalue weighted by Crippen LogP contribution is -2.05. The van der Waals surface area contributed by atoms with Crippen LogP contribution in [0.3, 0.4) is 0 Å². The number of aromatic carboxylic acids is 1. The maximum absolute atomic E-state index is 11.4. The first-order valence-electron chi connectivity index (χ1n) is 4.28. The molecule has 1 heterocycles. The number of hydrogen-bond donors (Lipinski definition) is 2. The molecule has 0 atom stereocenters. The fourth-order valence-corrected chi connectivity index (χ4v) is 2.15. The largest absolute Gasteiger partial charge is 0.478 e. The lowest BCUT2D eigenvalue weighted by atomic mass is 10.1. The molecule has 0 fully saturated rings. The third kappa shape index (κ3) is 2.10. The van der Waals surface area contributed by atoms with Gasteiger partial charge in [0.1, 0.15) is 9.88 Å². The number of ether oxygens (including phenoxy) is 1.